The van der Waals surface area contributed by atoms with E-state index in [1.807, 2.05) is 29.2 Å². The van der Waals surface area contributed by atoms with Gasteiger partial charge in [-0.1, -0.05) is 25.0 Å². The number of aliphatic hydroxyl groups excluding tert-OH is 1. The molecule has 6 nitrogen and oxygen atoms in total. The molecule has 1 aliphatic heterocycles. The van der Waals surface area contributed by atoms with E-state index in [4.69, 9.17) is 0 Å². The second kappa shape index (κ2) is 7.89. The lowest BCUT2D eigenvalue weighted by atomic mass is 9.87. The number of benzene rings is 1. The van der Waals surface area contributed by atoms with Gasteiger partial charge in [0.2, 0.25) is 0 Å². The monoisotopic (exact) mass is 370 g/mol. The van der Waals surface area contributed by atoms with Gasteiger partial charge in [0.25, 0.3) is 0 Å². The van der Waals surface area contributed by atoms with Gasteiger partial charge in [0.15, 0.2) is 0 Å². The molecule has 4 rings (SSSR count). The number of urea groups is 1. The fourth-order valence-corrected chi connectivity index (χ4v) is 4.68. The Balaban J connectivity index is 1.32. The van der Waals surface area contributed by atoms with Crippen LogP contribution in [0, 0.1) is 11.3 Å². The van der Waals surface area contributed by atoms with Gasteiger partial charge in [-0.3, -0.25) is 0 Å². The van der Waals surface area contributed by atoms with Crippen LogP contribution in [0.2, 0.25) is 0 Å². The number of piperidine rings is 1. The number of para-hydroxylation sites is 2. The number of hydrogen-bond donors (Lipinski definition) is 3. The summed E-state index contributed by atoms with van der Waals surface area (Å²) in [5.74, 6) is 1.44. The summed E-state index contributed by atoms with van der Waals surface area (Å²) in [5.41, 5.74) is 1.98. The van der Waals surface area contributed by atoms with Crippen molar-refractivity contribution in [1.29, 1.82) is 0 Å². The zero-order chi connectivity index (χ0) is 18.7. The number of aliphatic hydroxyl groups is 1. The number of likely N-dealkylation sites (tertiary alicyclic amines) is 1. The molecule has 0 spiro atoms. The fraction of sp³-hybridized carbons (Fsp3) is 0.619. The highest BCUT2D eigenvalue weighted by atomic mass is 16.3. The van der Waals surface area contributed by atoms with Crippen molar-refractivity contribution in [1.82, 2.24) is 20.2 Å². The number of nitrogens with one attached hydrogen (secondary N) is 2. The highest BCUT2D eigenvalue weighted by molar-refractivity contribution is 5.75. The zero-order valence-corrected chi connectivity index (χ0v) is 15.9. The highest BCUT2D eigenvalue weighted by Gasteiger charge is 2.34. The average Bonchev–Trinajstić information content (AvgIpc) is 3.33. The van der Waals surface area contributed by atoms with Gasteiger partial charge < -0.3 is 20.3 Å². The maximum atomic E-state index is 12.7. The molecule has 27 heavy (non-hydrogen) atoms. The number of aromatic nitrogens is 2. The molecule has 1 aromatic carbocycles. The molecule has 1 unspecified atom stereocenters. The topological polar surface area (TPSA) is 81.2 Å². The molecule has 3 N–H and O–H groups in total. The molecule has 2 amide bonds. The molecule has 1 atom stereocenters. The Morgan fingerprint density at radius 2 is 2.11 bits per heavy atom. The third-order valence-electron chi connectivity index (χ3n) is 6.34. The van der Waals surface area contributed by atoms with Gasteiger partial charge in [-0.25, -0.2) is 9.78 Å². The van der Waals surface area contributed by atoms with E-state index < -0.39 is 0 Å². The molecule has 2 aliphatic rings. The Kier molecular flexibility index (Phi) is 5.34. The van der Waals surface area contributed by atoms with Crippen LogP contribution < -0.4 is 5.32 Å². The average molecular weight is 370 g/mol. The molecule has 1 saturated carbocycles. The maximum Gasteiger partial charge on any atom is 0.317 e. The predicted molar refractivity (Wildman–Crippen MR) is 105 cm³/mol. The number of aromatic amines is 1. The van der Waals surface area contributed by atoms with E-state index in [1.54, 1.807) is 0 Å². The molecule has 6 heteroatoms. The van der Waals surface area contributed by atoms with Gasteiger partial charge >= 0.3 is 6.03 Å². The number of hydrogen-bond acceptors (Lipinski definition) is 3. The van der Waals surface area contributed by atoms with Crippen LogP contribution in [0.1, 0.15) is 44.3 Å². The van der Waals surface area contributed by atoms with Crippen molar-refractivity contribution in [3.05, 3.63) is 30.1 Å². The van der Waals surface area contributed by atoms with Gasteiger partial charge in [-0.2, -0.15) is 0 Å². The van der Waals surface area contributed by atoms with Crippen LogP contribution in [0.5, 0.6) is 0 Å². The molecule has 2 heterocycles. The van der Waals surface area contributed by atoms with Gasteiger partial charge in [0.05, 0.1) is 17.6 Å². The Labute approximate surface area is 160 Å². The van der Waals surface area contributed by atoms with Crippen LogP contribution in [0.15, 0.2) is 24.3 Å². The van der Waals surface area contributed by atoms with Crippen molar-refractivity contribution in [2.24, 2.45) is 11.3 Å². The summed E-state index contributed by atoms with van der Waals surface area (Å²) in [6.07, 6.45) is 7.36. The first-order chi connectivity index (χ1) is 13.2. The van der Waals surface area contributed by atoms with Crippen LogP contribution in [0.3, 0.4) is 0 Å². The van der Waals surface area contributed by atoms with Crippen molar-refractivity contribution in [2.75, 3.05) is 26.2 Å². The Hall–Kier alpha value is -2.08. The maximum absolute atomic E-state index is 12.7. The normalized spacial score (nSPS) is 22.3. The summed E-state index contributed by atoms with van der Waals surface area (Å²) in [7, 11) is 0. The van der Waals surface area contributed by atoms with Gasteiger partial charge in [0.1, 0.15) is 5.82 Å². The second-order valence-corrected chi connectivity index (χ2v) is 8.38. The molecule has 1 aliphatic carbocycles. The quantitative estimate of drug-likeness (QED) is 0.756. The Morgan fingerprint density at radius 1 is 1.30 bits per heavy atom. The SMILES string of the molecule is O=C(NCC1(CO)CCCC1)N1CCCC(Cc2nc3ccccc3[nH]2)C1. The smallest absolute Gasteiger partial charge is 0.317 e. The van der Waals surface area contributed by atoms with Gasteiger partial charge in [-0.05, 0) is 43.7 Å². The number of carbonyl (C=O) groups is 1. The first-order valence-electron chi connectivity index (χ1n) is 10.2. The number of nitrogens with zero attached hydrogens (tertiary/aromatic N) is 2. The van der Waals surface area contributed by atoms with E-state index >= 15 is 0 Å². The lowest BCUT2D eigenvalue weighted by Crippen LogP contribution is -2.49. The number of rotatable bonds is 5. The minimum atomic E-state index is -0.0981. The molecular weight excluding hydrogens is 340 g/mol. The first kappa shape index (κ1) is 18.3. The number of carbonyl (C=O) groups excluding carboxylic acids is 1. The van der Waals surface area contributed by atoms with Crippen molar-refractivity contribution < 1.29 is 9.90 Å². The zero-order valence-electron chi connectivity index (χ0n) is 15.9. The lowest BCUT2D eigenvalue weighted by Gasteiger charge is -2.34. The van der Waals surface area contributed by atoms with Crippen molar-refractivity contribution in [3.8, 4) is 0 Å². The standard InChI is InChI=1S/C21H30N4O2/c26-15-21(9-3-4-10-21)14-22-20(27)25-11-5-6-16(13-25)12-19-23-17-7-1-2-8-18(17)24-19/h1-2,7-8,16,26H,3-6,9-15H2,(H,22,27)(H,23,24). The highest BCUT2D eigenvalue weighted by Crippen LogP contribution is 2.37. The van der Waals surface area contributed by atoms with Gasteiger partial charge in [-0.15, -0.1) is 0 Å². The minimum absolute atomic E-state index is 0.0176. The Morgan fingerprint density at radius 3 is 2.89 bits per heavy atom. The third kappa shape index (κ3) is 4.10. The number of amides is 2. The second-order valence-electron chi connectivity index (χ2n) is 8.38. The van der Waals surface area contributed by atoms with Crippen molar-refractivity contribution in [2.45, 2.75) is 44.9 Å². The van der Waals surface area contributed by atoms with Crippen molar-refractivity contribution in [3.63, 3.8) is 0 Å². The minimum Gasteiger partial charge on any atom is -0.396 e. The molecule has 2 fully saturated rings. The summed E-state index contributed by atoms with van der Waals surface area (Å²) in [4.78, 5) is 22.7. The number of fused-ring (bicyclic) bond motifs is 1. The van der Waals surface area contributed by atoms with Gasteiger partial charge in [0, 0.05) is 31.5 Å². The van der Waals surface area contributed by atoms with Crippen LogP contribution in [0.25, 0.3) is 11.0 Å². The lowest BCUT2D eigenvalue weighted by molar-refractivity contribution is 0.121. The fourth-order valence-electron chi connectivity index (χ4n) is 4.68. The number of H-pyrrole nitrogens is 1. The largest absolute Gasteiger partial charge is 0.396 e. The first-order valence-corrected chi connectivity index (χ1v) is 10.2. The van der Waals surface area contributed by atoms with E-state index in [0.29, 0.717) is 12.5 Å². The molecule has 1 saturated heterocycles. The molecule has 146 valence electrons. The molecule has 1 aromatic heterocycles. The molecule has 0 radical (unpaired) electrons. The summed E-state index contributed by atoms with van der Waals surface area (Å²) < 4.78 is 0. The molecule has 2 aromatic rings. The third-order valence-corrected chi connectivity index (χ3v) is 6.34. The predicted octanol–water partition coefficient (Wildman–Crippen LogP) is 3.08. The van der Waals surface area contributed by atoms with E-state index in [0.717, 1.165) is 74.9 Å². The Bertz CT molecular complexity index is 748. The van der Waals surface area contributed by atoms with Crippen LogP contribution in [-0.4, -0.2) is 52.2 Å². The molecular formula is C21H30N4O2. The van der Waals surface area contributed by atoms with Crippen molar-refractivity contribution >= 4 is 17.1 Å². The van der Waals surface area contributed by atoms with E-state index in [2.05, 4.69) is 15.3 Å². The van der Waals surface area contributed by atoms with Crippen LogP contribution >= 0.6 is 0 Å². The molecule has 0 bridgehead atoms. The van der Waals surface area contributed by atoms with Crippen LogP contribution in [0.4, 0.5) is 4.79 Å². The summed E-state index contributed by atoms with van der Waals surface area (Å²) in [6, 6.07) is 8.11. The summed E-state index contributed by atoms with van der Waals surface area (Å²) >= 11 is 0. The van der Waals surface area contributed by atoms with E-state index in [-0.39, 0.29) is 18.1 Å². The number of imidazole rings is 1. The summed E-state index contributed by atoms with van der Waals surface area (Å²) in [5, 5.41) is 12.8. The van der Waals surface area contributed by atoms with Crippen LogP contribution in [-0.2, 0) is 6.42 Å². The van der Waals surface area contributed by atoms with E-state index in [1.165, 1.54) is 0 Å². The van der Waals surface area contributed by atoms with E-state index in [9.17, 15) is 9.90 Å². The summed E-state index contributed by atoms with van der Waals surface area (Å²) in [6.45, 7) is 2.35.